The van der Waals surface area contributed by atoms with Crippen LogP contribution < -0.4 is 5.32 Å². The van der Waals surface area contributed by atoms with Crippen LogP contribution >= 0.6 is 0 Å². The van der Waals surface area contributed by atoms with Gasteiger partial charge in [0.15, 0.2) is 5.78 Å². The molecule has 2 aromatic carbocycles. The van der Waals surface area contributed by atoms with Crippen molar-refractivity contribution in [1.82, 2.24) is 4.90 Å². The lowest BCUT2D eigenvalue weighted by Crippen LogP contribution is -2.25. The number of halogens is 1. The van der Waals surface area contributed by atoms with Crippen molar-refractivity contribution in [3.05, 3.63) is 65.5 Å². The Balaban J connectivity index is 2.11. The van der Waals surface area contributed by atoms with Crippen LogP contribution in [0.25, 0.3) is 0 Å². The number of ketones is 1. The Morgan fingerprint density at radius 3 is 2.12 bits per heavy atom. The maximum atomic E-state index is 12.8. The lowest BCUT2D eigenvalue weighted by Gasteiger charge is -2.13. The lowest BCUT2D eigenvalue weighted by molar-refractivity contribution is -0.115. The summed E-state index contributed by atoms with van der Waals surface area (Å²) in [7, 11) is 3.18. The predicted octanol–water partition coefficient (Wildman–Crippen LogP) is 2.74. The molecule has 2 rings (SSSR count). The largest absolute Gasteiger partial charge is 0.345 e. The highest BCUT2D eigenvalue weighted by atomic mass is 19.1. The molecule has 0 heterocycles. The van der Waals surface area contributed by atoms with Crippen LogP contribution in [0.15, 0.2) is 48.5 Å². The molecule has 0 aliphatic heterocycles. The number of anilines is 1. The topological polar surface area (TPSA) is 66.5 Å². The molecule has 0 atom stereocenters. The third kappa shape index (κ3) is 4.25. The van der Waals surface area contributed by atoms with E-state index in [9.17, 15) is 18.8 Å². The average molecular weight is 328 g/mol. The van der Waals surface area contributed by atoms with E-state index in [0.717, 1.165) is 0 Å². The monoisotopic (exact) mass is 328 g/mol. The summed E-state index contributed by atoms with van der Waals surface area (Å²) in [6, 6.07) is 11.6. The zero-order valence-corrected chi connectivity index (χ0v) is 13.4. The number of hydrogen-bond acceptors (Lipinski definition) is 3. The third-order valence-electron chi connectivity index (χ3n) is 3.31. The van der Waals surface area contributed by atoms with Gasteiger partial charge in [-0.15, -0.1) is 0 Å². The van der Waals surface area contributed by atoms with Gasteiger partial charge in [-0.2, -0.15) is 0 Å². The zero-order chi connectivity index (χ0) is 17.7. The van der Waals surface area contributed by atoms with Crippen molar-refractivity contribution in [2.45, 2.75) is 6.42 Å². The van der Waals surface area contributed by atoms with E-state index in [4.69, 9.17) is 0 Å². The van der Waals surface area contributed by atoms with Crippen LogP contribution in [0.3, 0.4) is 0 Å². The van der Waals surface area contributed by atoms with Crippen LogP contribution in [0.4, 0.5) is 10.1 Å². The molecule has 0 unspecified atom stereocenters. The fourth-order valence-corrected chi connectivity index (χ4v) is 2.13. The van der Waals surface area contributed by atoms with Crippen molar-refractivity contribution in [3.8, 4) is 0 Å². The first-order valence-corrected chi connectivity index (χ1v) is 7.28. The van der Waals surface area contributed by atoms with Crippen molar-refractivity contribution in [1.29, 1.82) is 0 Å². The molecule has 2 amide bonds. The maximum absolute atomic E-state index is 12.8. The molecular formula is C18H17FN2O3. The van der Waals surface area contributed by atoms with Crippen molar-refractivity contribution >= 4 is 23.3 Å². The van der Waals surface area contributed by atoms with Crippen LogP contribution in [0, 0.1) is 5.82 Å². The summed E-state index contributed by atoms with van der Waals surface area (Å²) in [6.07, 6.45) is -0.408. The van der Waals surface area contributed by atoms with Crippen molar-refractivity contribution in [2.75, 3.05) is 19.4 Å². The molecule has 0 saturated heterocycles. The maximum Gasteiger partial charge on any atom is 0.254 e. The fraction of sp³-hybridized carbons (Fsp3) is 0.167. The van der Waals surface area contributed by atoms with Gasteiger partial charge in [-0.1, -0.05) is 18.2 Å². The van der Waals surface area contributed by atoms with Gasteiger partial charge in [0.1, 0.15) is 5.82 Å². The minimum Gasteiger partial charge on any atom is -0.345 e. The summed E-state index contributed by atoms with van der Waals surface area (Å²) >= 11 is 0. The standard InChI is InChI=1S/C18H17FN2O3/c1-21(2)18(24)15-6-4-3-5-14(15)16(22)11-17(23)20-13-9-7-12(19)8-10-13/h3-10H,11H2,1-2H3,(H,20,23). The number of nitrogens with zero attached hydrogens (tertiary/aromatic N) is 1. The van der Waals surface area contributed by atoms with Gasteiger partial charge in [0.2, 0.25) is 5.91 Å². The summed E-state index contributed by atoms with van der Waals surface area (Å²) in [5.41, 5.74) is 0.847. The van der Waals surface area contributed by atoms with Crippen molar-refractivity contribution in [3.63, 3.8) is 0 Å². The molecule has 0 fully saturated rings. The summed E-state index contributed by atoms with van der Waals surface area (Å²) in [5.74, 6) is -1.71. The number of Topliss-reactive ketones (excluding diaryl/α,β-unsaturated/α-hetero) is 1. The molecule has 0 aromatic heterocycles. The molecule has 2 aromatic rings. The summed E-state index contributed by atoms with van der Waals surface area (Å²) in [6.45, 7) is 0. The van der Waals surface area contributed by atoms with Crippen LogP contribution in [0.5, 0.6) is 0 Å². The Kier molecular flexibility index (Phi) is 5.42. The van der Waals surface area contributed by atoms with Gasteiger partial charge in [-0.3, -0.25) is 14.4 Å². The number of hydrogen-bond donors (Lipinski definition) is 1. The third-order valence-corrected chi connectivity index (χ3v) is 3.31. The predicted molar refractivity (Wildman–Crippen MR) is 88.4 cm³/mol. The highest BCUT2D eigenvalue weighted by Crippen LogP contribution is 2.14. The zero-order valence-electron chi connectivity index (χ0n) is 13.4. The Morgan fingerprint density at radius 1 is 0.958 bits per heavy atom. The van der Waals surface area contributed by atoms with E-state index in [1.54, 1.807) is 32.3 Å². The van der Waals surface area contributed by atoms with Crippen LogP contribution in [-0.4, -0.2) is 36.6 Å². The molecule has 6 heteroatoms. The lowest BCUT2D eigenvalue weighted by atomic mass is 10.0. The van der Waals surface area contributed by atoms with Crippen LogP contribution in [0.1, 0.15) is 27.1 Å². The van der Waals surface area contributed by atoms with E-state index >= 15 is 0 Å². The van der Waals surface area contributed by atoms with E-state index in [1.165, 1.54) is 35.2 Å². The van der Waals surface area contributed by atoms with Gasteiger partial charge in [0.05, 0.1) is 12.0 Å². The fourth-order valence-electron chi connectivity index (χ4n) is 2.13. The summed E-state index contributed by atoms with van der Waals surface area (Å²) in [4.78, 5) is 37.8. The van der Waals surface area contributed by atoms with Gasteiger partial charge in [0, 0.05) is 25.3 Å². The quantitative estimate of drug-likeness (QED) is 0.678. The van der Waals surface area contributed by atoms with E-state index in [2.05, 4.69) is 5.32 Å². The molecule has 0 saturated carbocycles. The van der Waals surface area contributed by atoms with Crippen molar-refractivity contribution < 1.29 is 18.8 Å². The molecule has 24 heavy (non-hydrogen) atoms. The molecule has 1 N–H and O–H groups in total. The molecule has 0 aliphatic rings. The summed E-state index contributed by atoms with van der Waals surface area (Å²) < 4.78 is 12.8. The number of rotatable bonds is 5. The number of benzene rings is 2. The summed E-state index contributed by atoms with van der Waals surface area (Å²) in [5, 5.41) is 2.52. The first-order chi connectivity index (χ1) is 11.4. The Labute approximate surface area is 139 Å². The van der Waals surface area contributed by atoms with E-state index in [-0.39, 0.29) is 17.0 Å². The molecule has 0 spiro atoms. The second-order valence-electron chi connectivity index (χ2n) is 5.40. The number of carbonyl (C=O) groups excluding carboxylic acids is 3. The second kappa shape index (κ2) is 7.50. The van der Waals surface area contributed by atoms with Gasteiger partial charge in [-0.05, 0) is 30.3 Å². The molecule has 0 aliphatic carbocycles. The minimum atomic E-state index is -0.529. The van der Waals surface area contributed by atoms with Gasteiger partial charge in [-0.25, -0.2) is 4.39 Å². The van der Waals surface area contributed by atoms with E-state index in [0.29, 0.717) is 5.69 Å². The smallest absolute Gasteiger partial charge is 0.254 e. The molecule has 5 nitrogen and oxygen atoms in total. The molecule has 124 valence electrons. The average Bonchev–Trinajstić information content (AvgIpc) is 2.56. The highest BCUT2D eigenvalue weighted by molar-refractivity contribution is 6.15. The Bertz CT molecular complexity index is 770. The first kappa shape index (κ1) is 17.3. The Hall–Kier alpha value is -3.02. The second-order valence-corrected chi connectivity index (χ2v) is 5.40. The first-order valence-electron chi connectivity index (χ1n) is 7.28. The SMILES string of the molecule is CN(C)C(=O)c1ccccc1C(=O)CC(=O)Nc1ccc(F)cc1. The van der Waals surface area contributed by atoms with Crippen LogP contribution in [0.2, 0.25) is 0 Å². The molecule has 0 radical (unpaired) electrons. The molecule has 0 bridgehead atoms. The number of carbonyl (C=O) groups is 3. The Morgan fingerprint density at radius 2 is 1.54 bits per heavy atom. The van der Waals surface area contributed by atoms with Gasteiger partial charge >= 0.3 is 0 Å². The van der Waals surface area contributed by atoms with Gasteiger partial charge in [0.25, 0.3) is 5.91 Å². The molecular weight excluding hydrogens is 311 g/mol. The number of nitrogens with one attached hydrogen (secondary N) is 1. The van der Waals surface area contributed by atoms with Gasteiger partial charge < -0.3 is 10.2 Å². The van der Waals surface area contributed by atoms with E-state index < -0.39 is 23.9 Å². The van der Waals surface area contributed by atoms with E-state index in [1.807, 2.05) is 0 Å². The minimum absolute atomic E-state index is 0.199. The number of amides is 2. The highest BCUT2D eigenvalue weighted by Gasteiger charge is 2.20. The normalized spacial score (nSPS) is 10.1. The van der Waals surface area contributed by atoms with Crippen molar-refractivity contribution in [2.24, 2.45) is 0 Å². The van der Waals surface area contributed by atoms with Crippen LogP contribution in [-0.2, 0) is 4.79 Å².